The number of hydrogen-bond acceptors (Lipinski definition) is 2. The summed E-state index contributed by atoms with van der Waals surface area (Å²) in [4.78, 5) is 5.43. The number of rotatable bonds is 2. The van der Waals surface area contributed by atoms with Crippen molar-refractivity contribution in [2.75, 3.05) is 0 Å². The van der Waals surface area contributed by atoms with E-state index in [-0.39, 0.29) is 20.1 Å². The maximum atomic E-state index is 4.32. The van der Waals surface area contributed by atoms with Crippen LogP contribution in [-0.4, -0.2) is 4.98 Å². The molecule has 0 fully saturated rings. The summed E-state index contributed by atoms with van der Waals surface area (Å²) in [7, 11) is 0. The quantitative estimate of drug-likeness (QED) is 0.221. The van der Waals surface area contributed by atoms with Crippen molar-refractivity contribution in [3.8, 4) is 21.7 Å². The average Bonchev–Trinajstić information content (AvgIpc) is 3.21. The molecule has 0 N–H and O–H groups in total. The Kier molecular flexibility index (Phi) is 7.27. The zero-order valence-corrected chi connectivity index (χ0v) is 18.1. The van der Waals surface area contributed by atoms with Crippen LogP contribution in [0.3, 0.4) is 0 Å². The molecule has 0 bridgehead atoms. The minimum atomic E-state index is 0. The van der Waals surface area contributed by atoms with E-state index in [0.717, 1.165) is 21.7 Å². The first-order valence-corrected chi connectivity index (χ1v) is 9.48. The predicted molar refractivity (Wildman–Crippen MR) is 113 cm³/mol. The van der Waals surface area contributed by atoms with Gasteiger partial charge in [0.05, 0.1) is 0 Å². The summed E-state index contributed by atoms with van der Waals surface area (Å²) in [5, 5.41) is 1.17. The Bertz CT molecular complexity index is 1040. The smallest absolute Gasteiger partial charge is 0.303 e. The van der Waals surface area contributed by atoms with Crippen molar-refractivity contribution in [3.63, 3.8) is 0 Å². The van der Waals surface area contributed by atoms with Gasteiger partial charge in [0, 0.05) is 11.9 Å². The van der Waals surface area contributed by atoms with Gasteiger partial charge in [-0.3, -0.25) is 0 Å². The van der Waals surface area contributed by atoms with Crippen LogP contribution in [0.15, 0.2) is 97.2 Å². The van der Waals surface area contributed by atoms with Gasteiger partial charge in [0.25, 0.3) is 0 Å². The Balaban J connectivity index is 0.000000159. The van der Waals surface area contributed by atoms with Crippen molar-refractivity contribution in [2.24, 2.45) is 0 Å². The molecule has 5 aromatic rings. The molecule has 0 aliphatic carbocycles. The van der Waals surface area contributed by atoms with E-state index in [4.69, 9.17) is 0 Å². The SMILES string of the molecule is [Ir+3].[c-]1c(-c2ccccn2)sc2ccccc12.[c-]1ccccc1-c1[c-]cccc1. The number of fused-ring (bicyclic) bond motifs is 1. The van der Waals surface area contributed by atoms with Crippen LogP contribution < -0.4 is 0 Å². The topological polar surface area (TPSA) is 12.9 Å². The third-order valence-corrected chi connectivity index (χ3v) is 5.04. The number of hydrogen-bond donors (Lipinski definition) is 0. The van der Waals surface area contributed by atoms with Gasteiger partial charge in [0.2, 0.25) is 0 Å². The summed E-state index contributed by atoms with van der Waals surface area (Å²) in [5.74, 6) is 0. The van der Waals surface area contributed by atoms with Crippen molar-refractivity contribution < 1.29 is 20.1 Å². The molecule has 0 aliphatic heterocycles. The van der Waals surface area contributed by atoms with E-state index >= 15 is 0 Å². The summed E-state index contributed by atoms with van der Waals surface area (Å²) in [6, 6.07) is 39.7. The maximum Gasteiger partial charge on any atom is 3.00 e. The molecular formula is C25H16IrNS. The van der Waals surface area contributed by atoms with E-state index in [0.29, 0.717) is 0 Å². The minimum absolute atomic E-state index is 0. The maximum absolute atomic E-state index is 4.32. The summed E-state index contributed by atoms with van der Waals surface area (Å²) >= 11 is 1.73. The summed E-state index contributed by atoms with van der Waals surface area (Å²) in [5.41, 5.74) is 3.19. The van der Waals surface area contributed by atoms with Crippen molar-refractivity contribution in [1.82, 2.24) is 4.98 Å². The standard InChI is InChI=1S/C13H8NS.C12H8.Ir/c1-2-7-12-10(5-1)9-13(15-12)11-6-3-4-8-14-11;1-3-7-11(8-4-1)12-9-5-2-6-10-12;/h1-8H;1-7,9H;/q-1;-2;+3. The molecule has 0 saturated heterocycles. The van der Waals surface area contributed by atoms with E-state index in [1.54, 1.807) is 11.3 Å². The van der Waals surface area contributed by atoms with Crippen molar-refractivity contribution in [3.05, 3.63) is 115 Å². The van der Waals surface area contributed by atoms with Crippen molar-refractivity contribution in [2.45, 2.75) is 0 Å². The molecule has 0 amide bonds. The van der Waals surface area contributed by atoms with Crippen LogP contribution in [0, 0.1) is 18.2 Å². The number of benzene rings is 3. The molecule has 2 heterocycles. The molecule has 3 heteroatoms. The molecule has 1 nitrogen and oxygen atoms in total. The minimum Gasteiger partial charge on any atom is -0.303 e. The Labute approximate surface area is 183 Å². The van der Waals surface area contributed by atoms with Gasteiger partial charge in [0.15, 0.2) is 0 Å². The molecule has 3 aromatic carbocycles. The molecule has 136 valence electrons. The molecular weight excluding hydrogens is 539 g/mol. The van der Waals surface area contributed by atoms with Gasteiger partial charge in [-0.25, -0.2) is 22.5 Å². The van der Waals surface area contributed by atoms with Crippen LogP contribution in [-0.2, 0) is 20.1 Å². The fourth-order valence-electron chi connectivity index (χ4n) is 2.65. The second-order valence-electron chi connectivity index (χ2n) is 5.82. The molecule has 0 spiro atoms. The predicted octanol–water partition coefficient (Wildman–Crippen LogP) is 6.71. The van der Waals surface area contributed by atoms with Gasteiger partial charge in [0.1, 0.15) is 0 Å². The Morgan fingerprint density at radius 2 is 1.32 bits per heavy atom. The zero-order chi connectivity index (χ0) is 18.3. The monoisotopic (exact) mass is 555 g/mol. The summed E-state index contributed by atoms with van der Waals surface area (Å²) < 4.78 is 1.26. The second kappa shape index (κ2) is 10.1. The van der Waals surface area contributed by atoms with Gasteiger partial charge < -0.3 is 4.98 Å². The third-order valence-electron chi connectivity index (χ3n) is 3.95. The first kappa shape index (κ1) is 20.2. The van der Waals surface area contributed by atoms with E-state index in [2.05, 4.69) is 41.4 Å². The largest absolute Gasteiger partial charge is 3.00 e. The van der Waals surface area contributed by atoms with Crippen molar-refractivity contribution >= 4 is 21.4 Å². The first-order valence-electron chi connectivity index (χ1n) is 8.66. The van der Waals surface area contributed by atoms with Crippen molar-refractivity contribution in [1.29, 1.82) is 0 Å². The third kappa shape index (κ3) is 5.02. The molecule has 0 aliphatic rings. The van der Waals surface area contributed by atoms with Crippen LogP contribution in [0.4, 0.5) is 0 Å². The van der Waals surface area contributed by atoms with Crippen LogP contribution >= 0.6 is 11.3 Å². The Morgan fingerprint density at radius 1 is 0.679 bits per heavy atom. The Morgan fingerprint density at radius 3 is 1.89 bits per heavy atom. The van der Waals surface area contributed by atoms with E-state index in [9.17, 15) is 0 Å². The number of aromatic nitrogens is 1. The normalized spacial score (nSPS) is 9.86. The second-order valence-corrected chi connectivity index (χ2v) is 6.87. The summed E-state index contributed by atoms with van der Waals surface area (Å²) in [6.07, 6.45) is 1.81. The average molecular weight is 555 g/mol. The molecule has 0 atom stereocenters. The van der Waals surface area contributed by atoms with Crippen LogP contribution in [0.1, 0.15) is 0 Å². The van der Waals surface area contributed by atoms with Crippen LogP contribution in [0.25, 0.3) is 31.8 Å². The zero-order valence-electron chi connectivity index (χ0n) is 14.9. The first-order chi connectivity index (χ1) is 13.4. The van der Waals surface area contributed by atoms with Gasteiger partial charge >= 0.3 is 20.1 Å². The van der Waals surface area contributed by atoms with Gasteiger partial charge in [-0.15, -0.1) is 35.7 Å². The fourth-order valence-corrected chi connectivity index (χ4v) is 3.63. The molecule has 0 unspecified atom stereocenters. The fraction of sp³-hybridized carbons (Fsp3) is 0. The number of nitrogens with zero attached hydrogens (tertiary/aromatic N) is 1. The Hall–Kier alpha value is -2.58. The molecule has 0 saturated carbocycles. The molecule has 28 heavy (non-hydrogen) atoms. The van der Waals surface area contributed by atoms with Gasteiger partial charge in [-0.2, -0.15) is 48.5 Å². The number of pyridine rings is 1. The number of thiophene rings is 1. The summed E-state index contributed by atoms with van der Waals surface area (Å²) in [6.45, 7) is 0. The van der Waals surface area contributed by atoms with Gasteiger partial charge in [-0.1, -0.05) is 24.3 Å². The molecule has 2 aromatic heterocycles. The van der Waals surface area contributed by atoms with E-state index < -0.39 is 0 Å². The molecule has 0 radical (unpaired) electrons. The van der Waals surface area contributed by atoms with Crippen LogP contribution in [0.5, 0.6) is 0 Å². The van der Waals surface area contributed by atoms with Gasteiger partial charge in [-0.05, 0) is 15.6 Å². The van der Waals surface area contributed by atoms with E-state index in [1.807, 2.05) is 79.0 Å². The van der Waals surface area contributed by atoms with E-state index in [1.165, 1.54) is 10.1 Å². The molecule has 5 rings (SSSR count). The van der Waals surface area contributed by atoms with Crippen LogP contribution in [0.2, 0.25) is 0 Å².